The van der Waals surface area contributed by atoms with Gasteiger partial charge in [-0.05, 0) is 12.5 Å². The molecular weight excluding hydrogens is 166 g/mol. The van der Waals surface area contributed by atoms with Crippen molar-refractivity contribution in [2.75, 3.05) is 6.54 Å². The Morgan fingerprint density at radius 3 is 2.69 bits per heavy atom. The maximum absolute atomic E-state index is 11.6. The second-order valence-electron chi connectivity index (χ2n) is 3.34. The molecule has 13 heavy (non-hydrogen) atoms. The summed E-state index contributed by atoms with van der Waals surface area (Å²) in [7, 11) is 0. The third-order valence-corrected chi connectivity index (χ3v) is 2.64. The van der Waals surface area contributed by atoms with Crippen molar-refractivity contribution < 1.29 is 9.59 Å². The van der Waals surface area contributed by atoms with Crippen molar-refractivity contribution in [2.45, 2.75) is 26.7 Å². The van der Waals surface area contributed by atoms with Gasteiger partial charge in [0, 0.05) is 13.0 Å². The van der Waals surface area contributed by atoms with E-state index in [-0.39, 0.29) is 11.7 Å². The Morgan fingerprint density at radius 1 is 1.62 bits per heavy atom. The number of nitrogens with one attached hydrogen (secondary N) is 1. The Bertz CT molecular complexity index is 258. The van der Waals surface area contributed by atoms with Gasteiger partial charge in [-0.25, -0.2) is 0 Å². The van der Waals surface area contributed by atoms with Crippen LogP contribution in [0.4, 0.5) is 0 Å². The lowest BCUT2D eigenvalue weighted by molar-refractivity contribution is -0.127. The number of hydrogen-bond donors (Lipinski definition) is 1. The molecule has 0 bridgehead atoms. The Morgan fingerprint density at radius 2 is 2.31 bits per heavy atom. The summed E-state index contributed by atoms with van der Waals surface area (Å²) in [4.78, 5) is 22.5. The highest BCUT2D eigenvalue weighted by atomic mass is 16.2. The first kappa shape index (κ1) is 9.96. The normalized spacial score (nSPS) is 27.1. The van der Waals surface area contributed by atoms with Gasteiger partial charge in [0.1, 0.15) is 5.78 Å². The molecule has 0 aromatic heterocycles. The molecule has 0 aromatic carbocycles. The summed E-state index contributed by atoms with van der Waals surface area (Å²) >= 11 is 0. The van der Waals surface area contributed by atoms with Crippen molar-refractivity contribution in [3.8, 4) is 0 Å². The SMILES string of the molecule is CCC(=O)C1(CC)C=CC(=O)NC1. The first-order chi connectivity index (χ1) is 6.14. The van der Waals surface area contributed by atoms with E-state index < -0.39 is 5.41 Å². The highest BCUT2D eigenvalue weighted by Crippen LogP contribution is 2.27. The molecule has 1 rings (SSSR count). The monoisotopic (exact) mass is 181 g/mol. The van der Waals surface area contributed by atoms with Crippen molar-refractivity contribution in [2.24, 2.45) is 5.41 Å². The van der Waals surface area contributed by atoms with Crippen LogP contribution in [0.3, 0.4) is 0 Å². The summed E-state index contributed by atoms with van der Waals surface area (Å²) in [6.07, 6.45) is 4.47. The van der Waals surface area contributed by atoms with E-state index in [1.807, 2.05) is 13.8 Å². The smallest absolute Gasteiger partial charge is 0.243 e. The number of carbonyl (C=O) groups excluding carboxylic acids is 2. The molecule has 0 saturated carbocycles. The van der Waals surface area contributed by atoms with E-state index >= 15 is 0 Å². The van der Waals surface area contributed by atoms with Crippen LogP contribution in [-0.4, -0.2) is 18.2 Å². The van der Waals surface area contributed by atoms with Crippen molar-refractivity contribution in [1.82, 2.24) is 5.32 Å². The molecule has 3 nitrogen and oxygen atoms in total. The summed E-state index contributed by atoms with van der Waals surface area (Å²) < 4.78 is 0. The van der Waals surface area contributed by atoms with Crippen LogP contribution in [0.15, 0.2) is 12.2 Å². The van der Waals surface area contributed by atoms with Gasteiger partial charge in [0.15, 0.2) is 0 Å². The molecule has 1 heterocycles. The quantitative estimate of drug-likeness (QED) is 0.707. The van der Waals surface area contributed by atoms with Gasteiger partial charge in [0.25, 0.3) is 0 Å². The van der Waals surface area contributed by atoms with Crippen molar-refractivity contribution in [3.05, 3.63) is 12.2 Å². The summed E-state index contributed by atoms with van der Waals surface area (Å²) in [6.45, 7) is 4.27. The molecular formula is C10H15NO2. The van der Waals surface area contributed by atoms with E-state index in [1.165, 1.54) is 6.08 Å². The maximum Gasteiger partial charge on any atom is 0.243 e. The molecule has 0 fully saturated rings. The lowest BCUT2D eigenvalue weighted by Crippen LogP contribution is -2.44. The average molecular weight is 181 g/mol. The molecule has 1 amide bonds. The zero-order chi connectivity index (χ0) is 9.90. The molecule has 72 valence electrons. The molecule has 0 radical (unpaired) electrons. The van der Waals surface area contributed by atoms with Crippen LogP contribution in [0.5, 0.6) is 0 Å². The van der Waals surface area contributed by atoms with E-state index in [9.17, 15) is 9.59 Å². The minimum atomic E-state index is -0.442. The Balaban J connectivity index is 2.88. The van der Waals surface area contributed by atoms with Gasteiger partial charge in [-0.1, -0.05) is 19.9 Å². The van der Waals surface area contributed by atoms with Gasteiger partial charge in [0.2, 0.25) is 5.91 Å². The number of carbonyl (C=O) groups is 2. The summed E-state index contributed by atoms with van der Waals surface area (Å²) in [5.74, 6) is 0.0965. The van der Waals surface area contributed by atoms with E-state index in [4.69, 9.17) is 0 Å². The van der Waals surface area contributed by atoms with Gasteiger partial charge >= 0.3 is 0 Å². The molecule has 1 N–H and O–H groups in total. The van der Waals surface area contributed by atoms with Crippen molar-refractivity contribution >= 4 is 11.7 Å². The molecule has 1 aliphatic heterocycles. The van der Waals surface area contributed by atoms with E-state index in [2.05, 4.69) is 5.32 Å². The lowest BCUT2D eigenvalue weighted by Gasteiger charge is -2.30. The summed E-state index contributed by atoms with van der Waals surface area (Å²) in [5.41, 5.74) is -0.442. The summed E-state index contributed by atoms with van der Waals surface area (Å²) in [6, 6.07) is 0. The first-order valence-corrected chi connectivity index (χ1v) is 4.65. The van der Waals surface area contributed by atoms with Gasteiger partial charge in [-0.3, -0.25) is 9.59 Å². The van der Waals surface area contributed by atoms with Crippen LogP contribution in [0.2, 0.25) is 0 Å². The number of hydrogen-bond acceptors (Lipinski definition) is 2. The van der Waals surface area contributed by atoms with Crippen LogP contribution < -0.4 is 5.32 Å². The van der Waals surface area contributed by atoms with Gasteiger partial charge < -0.3 is 5.32 Å². The molecule has 1 unspecified atom stereocenters. The van der Waals surface area contributed by atoms with Crippen LogP contribution in [0.25, 0.3) is 0 Å². The van der Waals surface area contributed by atoms with E-state index in [0.717, 1.165) is 6.42 Å². The number of Topliss-reactive ketones (excluding diaryl/α,β-unsaturated/α-hetero) is 1. The second-order valence-corrected chi connectivity index (χ2v) is 3.34. The maximum atomic E-state index is 11.6. The lowest BCUT2D eigenvalue weighted by atomic mass is 9.78. The Kier molecular flexibility index (Phi) is 2.86. The number of ketones is 1. The molecule has 0 aliphatic carbocycles. The minimum absolute atomic E-state index is 0.104. The fraction of sp³-hybridized carbons (Fsp3) is 0.600. The third-order valence-electron chi connectivity index (χ3n) is 2.64. The molecule has 0 aromatic rings. The zero-order valence-corrected chi connectivity index (χ0v) is 8.09. The predicted octanol–water partition coefficient (Wildman–Crippen LogP) is 1.05. The third kappa shape index (κ3) is 1.79. The van der Waals surface area contributed by atoms with Gasteiger partial charge in [-0.15, -0.1) is 0 Å². The second kappa shape index (κ2) is 3.73. The topological polar surface area (TPSA) is 46.2 Å². The standard InChI is InChI=1S/C10H15NO2/c1-3-8(12)10(4-2)6-5-9(13)11-7-10/h5-6H,3-4,7H2,1-2H3,(H,11,13). The summed E-state index contributed by atoms with van der Waals surface area (Å²) in [5, 5.41) is 2.69. The Hall–Kier alpha value is -1.12. The fourth-order valence-corrected chi connectivity index (χ4v) is 1.58. The Labute approximate surface area is 78.2 Å². The molecule has 3 heteroatoms. The van der Waals surface area contributed by atoms with E-state index in [1.54, 1.807) is 6.08 Å². The van der Waals surface area contributed by atoms with Crippen LogP contribution in [0.1, 0.15) is 26.7 Å². The average Bonchev–Trinajstić information content (AvgIpc) is 2.18. The largest absolute Gasteiger partial charge is 0.351 e. The molecule has 1 atom stereocenters. The molecule has 0 saturated heterocycles. The fourth-order valence-electron chi connectivity index (χ4n) is 1.58. The molecule has 0 spiro atoms. The van der Waals surface area contributed by atoms with E-state index in [0.29, 0.717) is 13.0 Å². The van der Waals surface area contributed by atoms with Gasteiger partial charge in [-0.2, -0.15) is 0 Å². The highest BCUT2D eigenvalue weighted by molar-refractivity contribution is 5.94. The first-order valence-electron chi connectivity index (χ1n) is 4.65. The van der Waals surface area contributed by atoms with Crippen LogP contribution in [0, 0.1) is 5.41 Å². The van der Waals surface area contributed by atoms with Crippen molar-refractivity contribution in [1.29, 1.82) is 0 Å². The van der Waals surface area contributed by atoms with Crippen LogP contribution in [-0.2, 0) is 9.59 Å². The number of amides is 1. The zero-order valence-electron chi connectivity index (χ0n) is 8.09. The minimum Gasteiger partial charge on any atom is -0.351 e. The highest BCUT2D eigenvalue weighted by Gasteiger charge is 2.34. The van der Waals surface area contributed by atoms with Gasteiger partial charge in [0.05, 0.1) is 5.41 Å². The number of rotatable bonds is 3. The van der Waals surface area contributed by atoms with Crippen LogP contribution >= 0.6 is 0 Å². The van der Waals surface area contributed by atoms with Crippen molar-refractivity contribution in [3.63, 3.8) is 0 Å². The predicted molar refractivity (Wildman–Crippen MR) is 50.2 cm³/mol. The molecule has 1 aliphatic rings.